The molecule has 2 aliphatic rings. The van der Waals surface area contributed by atoms with Crippen molar-refractivity contribution in [3.63, 3.8) is 0 Å². The van der Waals surface area contributed by atoms with E-state index >= 15 is 0 Å². The third-order valence-electron chi connectivity index (χ3n) is 4.75. The molecule has 0 radical (unpaired) electrons. The first-order chi connectivity index (χ1) is 12.7. The van der Waals surface area contributed by atoms with Crippen molar-refractivity contribution < 1.29 is 9.53 Å². The van der Waals surface area contributed by atoms with Gasteiger partial charge >= 0.3 is 6.09 Å². The number of aryl methyl sites for hydroxylation is 1. The van der Waals surface area contributed by atoms with Crippen molar-refractivity contribution >= 4 is 36.0 Å². The molecular formula is C17H30IN7O2. The molecule has 1 fully saturated rings. The van der Waals surface area contributed by atoms with Crippen molar-refractivity contribution in [3.8, 4) is 0 Å². The predicted octanol–water partition coefficient (Wildman–Crippen LogP) is 1.47. The molecule has 2 aliphatic heterocycles. The summed E-state index contributed by atoms with van der Waals surface area (Å²) in [4.78, 5) is 20.5. The zero-order valence-electron chi connectivity index (χ0n) is 16.2. The summed E-state index contributed by atoms with van der Waals surface area (Å²) in [6.07, 6.45) is 3.14. The highest BCUT2D eigenvalue weighted by Crippen LogP contribution is 2.15. The van der Waals surface area contributed by atoms with Gasteiger partial charge in [0, 0.05) is 45.7 Å². The number of hydrogen-bond donors (Lipinski definition) is 1. The number of rotatable bonds is 4. The number of guanidine groups is 1. The largest absolute Gasteiger partial charge is 0.450 e. The van der Waals surface area contributed by atoms with Crippen LogP contribution in [0.15, 0.2) is 4.99 Å². The summed E-state index contributed by atoms with van der Waals surface area (Å²) in [5.74, 6) is 2.87. The number of ether oxygens (including phenoxy) is 1. The molecule has 1 aromatic heterocycles. The van der Waals surface area contributed by atoms with Gasteiger partial charge in [0.05, 0.1) is 6.61 Å². The van der Waals surface area contributed by atoms with Crippen LogP contribution in [0.4, 0.5) is 4.79 Å². The van der Waals surface area contributed by atoms with Gasteiger partial charge in [-0.05, 0) is 26.7 Å². The van der Waals surface area contributed by atoms with Crippen molar-refractivity contribution in [1.29, 1.82) is 0 Å². The molecule has 1 aromatic rings. The van der Waals surface area contributed by atoms with Gasteiger partial charge in [-0.1, -0.05) is 0 Å². The summed E-state index contributed by atoms with van der Waals surface area (Å²) in [6, 6.07) is 0. The van der Waals surface area contributed by atoms with E-state index in [1.165, 1.54) is 12.8 Å². The summed E-state index contributed by atoms with van der Waals surface area (Å²) in [7, 11) is 0. The van der Waals surface area contributed by atoms with Crippen LogP contribution in [0.2, 0.25) is 0 Å². The van der Waals surface area contributed by atoms with Crippen LogP contribution in [0.25, 0.3) is 0 Å². The van der Waals surface area contributed by atoms with Crippen LogP contribution in [0.1, 0.15) is 38.3 Å². The molecule has 0 bridgehead atoms. The Balaban J connectivity index is 0.00000261. The lowest BCUT2D eigenvalue weighted by atomic mass is 10.2. The lowest BCUT2D eigenvalue weighted by molar-refractivity contribution is 0.0914. The van der Waals surface area contributed by atoms with E-state index in [1.807, 2.05) is 6.92 Å². The maximum atomic E-state index is 11.8. The average Bonchev–Trinajstić information content (AvgIpc) is 3.09. The highest BCUT2D eigenvalue weighted by molar-refractivity contribution is 14.0. The van der Waals surface area contributed by atoms with E-state index in [9.17, 15) is 4.79 Å². The number of carbonyl (C=O) groups is 1. The second-order valence-corrected chi connectivity index (χ2v) is 6.48. The molecular weight excluding hydrogens is 461 g/mol. The Morgan fingerprint density at radius 3 is 2.56 bits per heavy atom. The molecule has 10 heteroatoms. The Hall–Kier alpha value is -1.59. The minimum atomic E-state index is -0.232. The Morgan fingerprint density at radius 2 is 1.85 bits per heavy atom. The lowest BCUT2D eigenvalue weighted by Crippen LogP contribution is -2.53. The second-order valence-electron chi connectivity index (χ2n) is 6.48. The summed E-state index contributed by atoms with van der Waals surface area (Å²) in [5, 5.41) is 12.0. The molecule has 0 spiro atoms. The van der Waals surface area contributed by atoms with E-state index < -0.39 is 0 Å². The maximum absolute atomic E-state index is 11.8. The van der Waals surface area contributed by atoms with E-state index in [0.717, 1.165) is 50.2 Å². The summed E-state index contributed by atoms with van der Waals surface area (Å²) < 4.78 is 7.28. The number of nitrogens with zero attached hydrogens (tertiary/aromatic N) is 6. The van der Waals surface area contributed by atoms with Gasteiger partial charge in [-0.25, -0.2) is 9.79 Å². The number of carbonyl (C=O) groups excluding carboxylic acids is 1. The van der Waals surface area contributed by atoms with Gasteiger partial charge in [-0.15, -0.1) is 34.2 Å². The van der Waals surface area contributed by atoms with Gasteiger partial charge in [-0.2, -0.15) is 0 Å². The van der Waals surface area contributed by atoms with E-state index in [-0.39, 0.29) is 30.1 Å². The van der Waals surface area contributed by atoms with Crippen LogP contribution >= 0.6 is 24.0 Å². The number of aromatic nitrogens is 3. The van der Waals surface area contributed by atoms with Crippen molar-refractivity contribution in [3.05, 3.63) is 11.6 Å². The molecule has 0 aromatic carbocycles. The third kappa shape index (κ3) is 5.45. The van der Waals surface area contributed by atoms with Crippen molar-refractivity contribution in [2.45, 2.75) is 46.2 Å². The van der Waals surface area contributed by atoms with Gasteiger partial charge in [0.1, 0.15) is 12.4 Å². The fourth-order valence-corrected chi connectivity index (χ4v) is 3.37. The highest BCUT2D eigenvalue weighted by Gasteiger charge is 2.24. The Labute approximate surface area is 177 Å². The van der Waals surface area contributed by atoms with Gasteiger partial charge in [0.25, 0.3) is 0 Å². The molecule has 0 unspecified atom stereocenters. The maximum Gasteiger partial charge on any atom is 0.409 e. The minimum absolute atomic E-state index is 0. The number of amides is 1. The van der Waals surface area contributed by atoms with Gasteiger partial charge in [-0.3, -0.25) is 0 Å². The third-order valence-corrected chi connectivity index (χ3v) is 4.75. The van der Waals surface area contributed by atoms with Crippen LogP contribution in [-0.2, 0) is 24.2 Å². The number of piperazine rings is 1. The number of fused-ring (bicyclic) bond motifs is 1. The molecule has 1 saturated heterocycles. The number of halogens is 1. The summed E-state index contributed by atoms with van der Waals surface area (Å²) in [5.41, 5.74) is 0. The van der Waals surface area contributed by atoms with Gasteiger partial charge in [0.15, 0.2) is 11.8 Å². The predicted molar refractivity (Wildman–Crippen MR) is 113 cm³/mol. The quantitative estimate of drug-likeness (QED) is 0.390. The van der Waals surface area contributed by atoms with E-state index in [1.54, 1.807) is 4.90 Å². The van der Waals surface area contributed by atoms with Crippen LogP contribution < -0.4 is 5.32 Å². The van der Waals surface area contributed by atoms with Gasteiger partial charge in [0.2, 0.25) is 0 Å². The van der Waals surface area contributed by atoms with E-state index in [2.05, 4.69) is 31.9 Å². The number of nitrogens with one attached hydrogen (secondary N) is 1. The second kappa shape index (κ2) is 10.7. The molecule has 152 valence electrons. The monoisotopic (exact) mass is 491 g/mol. The normalized spacial score (nSPS) is 17.2. The molecule has 1 N–H and O–H groups in total. The minimum Gasteiger partial charge on any atom is -0.450 e. The standard InChI is InChI=1S/C17H29N7O2.HI/c1-3-18-16(22-9-11-23(12-10-22)17(25)26-4-2)19-13-15-21-20-14-7-5-6-8-24(14)15;/h3-13H2,1-2H3,(H,18,19);1H. The lowest BCUT2D eigenvalue weighted by Gasteiger charge is -2.35. The van der Waals surface area contributed by atoms with Crippen molar-refractivity contribution in [2.24, 2.45) is 4.99 Å². The molecule has 9 nitrogen and oxygen atoms in total. The molecule has 0 saturated carbocycles. The van der Waals surface area contributed by atoms with E-state index in [4.69, 9.17) is 9.73 Å². The first-order valence-corrected chi connectivity index (χ1v) is 9.58. The zero-order valence-corrected chi connectivity index (χ0v) is 18.5. The molecule has 3 heterocycles. The first kappa shape index (κ1) is 21.7. The fourth-order valence-electron chi connectivity index (χ4n) is 3.37. The SMILES string of the molecule is CCNC(=NCc1nnc2n1CCCC2)N1CCN(C(=O)OCC)CC1.I. The van der Waals surface area contributed by atoms with E-state index in [0.29, 0.717) is 26.2 Å². The van der Waals surface area contributed by atoms with Crippen LogP contribution in [0.3, 0.4) is 0 Å². The Morgan fingerprint density at radius 1 is 1.11 bits per heavy atom. The zero-order chi connectivity index (χ0) is 18.4. The summed E-state index contributed by atoms with van der Waals surface area (Å²) >= 11 is 0. The Bertz CT molecular complexity index is 641. The van der Waals surface area contributed by atoms with Crippen LogP contribution in [0, 0.1) is 0 Å². The summed E-state index contributed by atoms with van der Waals surface area (Å²) in [6.45, 7) is 9.37. The molecule has 1 amide bonds. The van der Waals surface area contributed by atoms with Crippen LogP contribution in [-0.4, -0.2) is 75.9 Å². The molecule has 0 aliphatic carbocycles. The Kier molecular flexibility index (Phi) is 8.58. The molecule has 3 rings (SSSR count). The van der Waals surface area contributed by atoms with Crippen LogP contribution in [0.5, 0.6) is 0 Å². The smallest absolute Gasteiger partial charge is 0.409 e. The average molecular weight is 491 g/mol. The number of aliphatic imine (C=N–C) groups is 1. The molecule has 0 atom stereocenters. The van der Waals surface area contributed by atoms with Crippen molar-refractivity contribution in [1.82, 2.24) is 29.9 Å². The number of hydrogen-bond acceptors (Lipinski definition) is 5. The fraction of sp³-hybridized carbons (Fsp3) is 0.765. The van der Waals surface area contributed by atoms with Gasteiger partial charge < -0.3 is 24.4 Å². The highest BCUT2D eigenvalue weighted by atomic mass is 127. The topological polar surface area (TPSA) is 87.9 Å². The molecule has 27 heavy (non-hydrogen) atoms. The van der Waals surface area contributed by atoms with Crippen molar-refractivity contribution in [2.75, 3.05) is 39.3 Å². The first-order valence-electron chi connectivity index (χ1n) is 9.58.